The molecule has 0 saturated heterocycles. The number of rotatable bonds is 29. The first kappa shape index (κ1) is 101. The van der Waals surface area contributed by atoms with E-state index in [1.54, 1.807) is 6.42 Å². The molecule has 19 fully saturated rings. The molecule has 15 unspecified atom stereocenters. The molecule has 20 rings (SSSR count). The monoisotopic (exact) mass is 1650 g/mol. The van der Waals surface area contributed by atoms with E-state index in [0.717, 1.165) is 223 Å². The summed E-state index contributed by atoms with van der Waals surface area (Å²) in [6.45, 7) is 50.3. The zero-order valence-corrected chi connectivity index (χ0v) is 80.6. The molecule has 19 aliphatic rings. The van der Waals surface area contributed by atoms with E-state index in [0.29, 0.717) is 47.0 Å². The van der Waals surface area contributed by atoms with Crippen LogP contribution >= 0.6 is 0 Å². The molecule has 19 aliphatic carbocycles. The lowest BCUT2D eigenvalue weighted by Gasteiger charge is -2.56. The smallest absolute Gasteiger partial charge is 0.0690 e. The van der Waals surface area contributed by atoms with Crippen LogP contribution in [0, 0.1) is 135 Å². The molecule has 0 spiro atoms. The van der Waals surface area contributed by atoms with Crippen molar-refractivity contribution in [3.63, 3.8) is 0 Å². The number of fused-ring (bicyclic) bond motifs is 8. The highest BCUT2D eigenvalue weighted by atomic mass is 16.5. The van der Waals surface area contributed by atoms with E-state index in [4.69, 9.17) is 47.4 Å². The molecule has 686 valence electrons. The predicted octanol–water partition coefficient (Wildman–Crippen LogP) is 28.3. The molecule has 16 bridgehead atoms. The summed E-state index contributed by atoms with van der Waals surface area (Å²) in [6, 6.07) is 10.4. The highest BCUT2D eigenvalue weighted by Gasteiger charge is 2.62. The van der Waals surface area contributed by atoms with Crippen molar-refractivity contribution in [2.45, 2.75) is 423 Å². The Hall–Kier alpha value is -1.18. The van der Waals surface area contributed by atoms with Gasteiger partial charge in [0.25, 0.3) is 0 Å². The Labute approximate surface area is 730 Å². The third kappa shape index (κ3) is 31.6. The largest absolute Gasteiger partial charge is 0.382 e. The molecule has 118 heavy (non-hydrogen) atoms. The lowest BCUT2D eigenvalue weighted by Crippen LogP contribution is -2.51. The third-order valence-electron chi connectivity index (χ3n) is 34.1. The molecule has 0 aliphatic heterocycles. The van der Waals surface area contributed by atoms with E-state index in [1.165, 1.54) is 262 Å². The molecule has 15 atom stereocenters. The molecule has 0 aromatic heterocycles. The topological polar surface area (TPSA) is 92.3 Å². The van der Waals surface area contributed by atoms with Crippen molar-refractivity contribution >= 4 is 0 Å². The quantitative estimate of drug-likeness (QED) is 0.0722. The maximum Gasteiger partial charge on any atom is 0.0690 e. The first-order valence-electron chi connectivity index (χ1n) is 52.2. The van der Waals surface area contributed by atoms with Crippen molar-refractivity contribution < 1.29 is 47.4 Å². The van der Waals surface area contributed by atoms with E-state index >= 15 is 0 Å². The van der Waals surface area contributed by atoms with E-state index < -0.39 is 0 Å². The summed E-state index contributed by atoms with van der Waals surface area (Å²) in [4.78, 5) is 0. The van der Waals surface area contributed by atoms with Crippen LogP contribution in [0.3, 0.4) is 0 Å². The third-order valence-corrected chi connectivity index (χ3v) is 34.1. The fourth-order valence-corrected chi connectivity index (χ4v) is 28.1. The van der Waals surface area contributed by atoms with Gasteiger partial charge in [0.05, 0.1) is 42.7 Å². The molecular formula is C108H194O10. The SMILES string of the molecule is CC(C)OCCc1ccccc1.CCOC12CC3CC(CC(C3)C1)C2.CCOC1C2CC3CC(C2)CC1C3.CCOC1CC(C)CCC1C(C)C.CCOC1CC2CCC1(C)C2(C)C.CCOC1CC2CCC1C2.CCOCC1CC2CCC1C2.CCOCC1CCCCC1.CCOCCC1CC2CCC1C2.CCOCCC1CCCCC1. The summed E-state index contributed by atoms with van der Waals surface area (Å²) in [6.07, 6.45) is 62.9. The van der Waals surface area contributed by atoms with Crippen LogP contribution in [0.5, 0.6) is 0 Å². The Morgan fingerprint density at radius 1 is 0.381 bits per heavy atom. The minimum atomic E-state index is 0.341. The van der Waals surface area contributed by atoms with E-state index in [-0.39, 0.29) is 0 Å². The van der Waals surface area contributed by atoms with Crippen molar-refractivity contribution in [2.75, 3.05) is 92.5 Å². The Morgan fingerprint density at radius 3 is 1.35 bits per heavy atom. The molecule has 19 saturated carbocycles. The van der Waals surface area contributed by atoms with Gasteiger partial charge in [-0.05, 0) is 416 Å². The van der Waals surface area contributed by atoms with Gasteiger partial charge in [0.1, 0.15) is 0 Å². The minimum absolute atomic E-state index is 0.341. The maximum absolute atomic E-state index is 6.04. The van der Waals surface area contributed by atoms with Crippen LogP contribution in [0.1, 0.15) is 387 Å². The van der Waals surface area contributed by atoms with Crippen LogP contribution in [0.4, 0.5) is 0 Å². The fraction of sp³-hybridized carbons (Fsp3) is 0.944. The van der Waals surface area contributed by atoms with E-state index in [1.807, 2.05) is 6.07 Å². The van der Waals surface area contributed by atoms with Crippen LogP contribution in [-0.4, -0.2) is 129 Å². The van der Waals surface area contributed by atoms with Gasteiger partial charge in [0, 0.05) is 85.9 Å². The maximum atomic E-state index is 6.04. The molecular weight excluding hydrogens is 1460 g/mol. The Kier molecular flexibility index (Phi) is 45.7. The minimum Gasteiger partial charge on any atom is -0.382 e. The van der Waals surface area contributed by atoms with Crippen molar-refractivity contribution in [3.8, 4) is 0 Å². The number of hydrogen-bond donors (Lipinski definition) is 0. The standard InChI is InChI=1S/2C12H20O.C12H22O.C12H24O.C11H20O.C11H16O.C10H18O.C10H20O.C9H16O.C9H18O/c1-2-13-12-6-9-3-10(7-12)5-11(4-9)8-12;1-2-13-12-10-4-8-3-9(6-10)7-11(12)5-8;1-5-13-10-8-9-6-7-12(10,4)11(9,2)3;1-5-13-12-8-10(4)6-7-11(12)9(2)3;1-2-12-6-5-11-8-9-3-4-10(11)7-9;1-10(2)12-9-8-11-6-4-3-5-7-11;1-2-11-7-10-6-8-3-4-9(10)5-8;1-2-11-9-8-10-6-4-3-5-7-10;1-2-10-9-6-7-3-4-8(9)5-7;1-2-10-8-9-6-4-3-5-7-9/h9-11H,2-8H2,1H3;8-12H,2-7H2,1H3;9-10H,5-8H2,1-4H3;9-12H,5-8H2,1-4H3;9-11H,2-8H2,1H3;3-7,10H,8-9H2,1-2H3;8-10H,2-7H2,1H3;10H,2-9H2,1H3;7-9H,2-6H2,1H3;9H,2-8H2,1H3. The molecule has 0 amide bonds. The average molecular weight is 1650 g/mol. The summed E-state index contributed by atoms with van der Waals surface area (Å²) in [5.41, 5.74) is 2.66. The second kappa shape index (κ2) is 53.6. The summed E-state index contributed by atoms with van der Waals surface area (Å²) in [5, 5.41) is 0. The van der Waals surface area contributed by atoms with E-state index in [2.05, 4.69) is 142 Å². The van der Waals surface area contributed by atoms with Gasteiger partial charge in [-0.1, -0.05) is 143 Å². The number of ether oxygens (including phenoxy) is 10. The average Bonchev–Trinajstić information content (AvgIpc) is 1.58. The highest BCUT2D eigenvalue weighted by molar-refractivity contribution is 5.15. The van der Waals surface area contributed by atoms with Gasteiger partial charge in [-0.3, -0.25) is 0 Å². The molecule has 10 nitrogen and oxygen atoms in total. The van der Waals surface area contributed by atoms with Gasteiger partial charge in [0.2, 0.25) is 0 Å². The first-order chi connectivity index (χ1) is 57.2. The first-order valence-corrected chi connectivity index (χ1v) is 52.2. The van der Waals surface area contributed by atoms with Gasteiger partial charge in [-0.15, -0.1) is 0 Å². The van der Waals surface area contributed by atoms with Gasteiger partial charge in [0.15, 0.2) is 0 Å². The van der Waals surface area contributed by atoms with Gasteiger partial charge in [-0.25, -0.2) is 0 Å². The molecule has 0 radical (unpaired) electrons. The second-order valence-corrected chi connectivity index (χ2v) is 43.3. The van der Waals surface area contributed by atoms with Crippen LogP contribution < -0.4 is 0 Å². The van der Waals surface area contributed by atoms with Crippen molar-refractivity contribution in [1.82, 2.24) is 0 Å². The lowest BCUT2D eigenvalue weighted by molar-refractivity contribution is -0.159. The van der Waals surface area contributed by atoms with Crippen molar-refractivity contribution in [3.05, 3.63) is 35.9 Å². The van der Waals surface area contributed by atoms with E-state index in [9.17, 15) is 0 Å². The van der Waals surface area contributed by atoms with Gasteiger partial charge < -0.3 is 47.4 Å². The Balaban J connectivity index is 0.000000150. The predicted molar refractivity (Wildman–Crippen MR) is 495 cm³/mol. The Bertz CT molecular complexity index is 2640. The van der Waals surface area contributed by atoms with Crippen LogP contribution in [0.25, 0.3) is 0 Å². The second-order valence-electron chi connectivity index (χ2n) is 43.3. The normalized spacial score (nSPS) is 37.2. The van der Waals surface area contributed by atoms with Gasteiger partial charge >= 0.3 is 0 Å². The Morgan fingerprint density at radius 2 is 0.881 bits per heavy atom. The van der Waals surface area contributed by atoms with Gasteiger partial charge in [-0.2, -0.15) is 0 Å². The number of hydrogen-bond acceptors (Lipinski definition) is 10. The fourth-order valence-electron chi connectivity index (χ4n) is 28.1. The number of benzene rings is 1. The zero-order valence-electron chi connectivity index (χ0n) is 80.6. The molecule has 1 aromatic carbocycles. The van der Waals surface area contributed by atoms with Crippen molar-refractivity contribution in [1.29, 1.82) is 0 Å². The van der Waals surface area contributed by atoms with Crippen molar-refractivity contribution in [2.24, 2.45) is 135 Å². The summed E-state index contributed by atoms with van der Waals surface area (Å²) >= 11 is 0. The highest BCUT2D eigenvalue weighted by Crippen LogP contribution is 2.66. The molecule has 0 heterocycles. The van der Waals surface area contributed by atoms with Crippen LogP contribution in [0.15, 0.2) is 30.3 Å². The molecule has 0 N–H and O–H groups in total. The van der Waals surface area contributed by atoms with Crippen LogP contribution in [0.2, 0.25) is 0 Å². The summed E-state index contributed by atoms with van der Waals surface area (Å²) < 4.78 is 56.3. The van der Waals surface area contributed by atoms with Crippen LogP contribution in [-0.2, 0) is 53.8 Å². The molecule has 1 aromatic rings. The summed E-state index contributed by atoms with van der Waals surface area (Å²) in [7, 11) is 0. The summed E-state index contributed by atoms with van der Waals surface area (Å²) in [5.74, 6) is 20.5. The molecule has 10 heteroatoms. The lowest BCUT2D eigenvalue weighted by atomic mass is 9.54. The zero-order chi connectivity index (χ0) is 84.3.